The molecule has 1 atom stereocenters. The van der Waals surface area contributed by atoms with Gasteiger partial charge in [0.05, 0.1) is 6.10 Å². The van der Waals surface area contributed by atoms with Crippen LogP contribution in [0.25, 0.3) is 21.5 Å². The summed E-state index contributed by atoms with van der Waals surface area (Å²) in [6.45, 7) is 0.897. The summed E-state index contributed by atoms with van der Waals surface area (Å²) >= 11 is 0. The second kappa shape index (κ2) is 4.92. The Labute approximate surface area is 119 Å². The summed E-state index contributed by atoms with van der Waals surface area (Å²) in [5.74, 6) is 0. The molecule has 20 heavy (non-hydrogen) atoms. The molecular weight excluding hydrogens is 244 g/mol. The minimum Gasteiger partial charge on any atom is -0.374 e. The maximum atomic E-state index is 5.98. The number of hydrogen-bond donors (Lipinski definition) is 0. The smallest absolute Gasteiger partial charge is 0.0830 e. The van der Waals surface area contributed by atoms with Crippen LogP contribution in [-0.2, 0) is 4.74 Å². The number of fused-ring (bicyclic) bond motifs is 2. The molecule has 0 aromatic heterocycles. The average Bonchev–Trinajstić information content (AvgIpc) is 2.53. The first kappa shape index (κ1) is 11.9. The molecule has 3 aromatic rings. The first-order valence-electron chi connectivity index (χ1n) is 7.45. The quantitative estimate of drug-likeness (QED) is 0.545. The summed E-state index contributed by atoms with van der Waals surface area (Å²) in [5, 5.41) is 5.28. The van der Waals surface area contributed by atoms with Gasteiger partial charge in [0.1, 0.15) is 0 Å². The Balaban J connectivity index is 1.94. The van der Waals surface area contributed by atoms with Crippen LogP contribution in [0.15, 0.2) is 54.6 Å². The highest BCUT2D eigenvalue weighted by atomic mass is 16.5. The molecule has 100 valence electrons. The van der Waals surface area contributed by atoms with Crippen molar-refractivity contribution in [2.75, 3.05) is 6.61 Å². The van der Waals surface area contributed by atoms with Crippen molar-refractivity contribution in [1.29, 1.82) is 0 Å². The van der Waals surface area contributed by atoms with E-state index < -0.39 is 0 Å². The Morgan fingerprint density at radius 3 is 2.40 bits per heavy atom. The molecule has 1 aliphatic rings. The van der Waals surface area contributed by atoms with Crippen LogP contribution in [0, 0.1) is 0 Å². The van der Waals surface area contributed by atoms with Crippen molar-refractivity contribution in [2.24, 2.45) is 0 Å². The SMILES string of the molecule is c1ccc2cc3c(C4CCCCO4)cccc3cc2c1. The molecule has 0 spiro atoms. The monoisotopic (exact) mass is 262 g/mol. The van der Waals surface area contributed by atoms with Crippen molar-refractivity contribution in [3.05, 3.63) is 60.2 Å². The Morgan fingerprint density at radius 1 is 0.800 bits per heavy atom. The van der Waals surface area contributed by atoms with Gasteiger partial charge in [0.15, 0.2) is 0 Å². The highest BCUT2D eigenvalue weighted by Gasteiger charge is 2.18. The minimum absolute atomic E-state index is 0.272. The Hall–Kier alpha value is -1.86. The summed E-state index contributed by atoms with van der Waals surface area (Å²) in [5.41, 5.74) is 1.35. The number of rotatable bonds is 1. The molecule has 1 aliphatic heterocycles. The summed E-state index contributed by atoms with van der Waals surface area (Å²) in [6.07, 6.45) is 3.89. The fourth-order valence-corrected chi connectivity index (χ4v) is 3.26. The maximum Gasteiger partial charge on any atom is 0.0830 e. The molecular formula is C19H18O. The standard InChI is InChI=1S/C19H18O/c1-2-7-15-13-18-16(12-14(15)6-1)8-5-9-17(18)19-10-3-4-11-20-19/h1-2,5-9,12-13,19H,3-4,10-11H2. The van der Waals surface area contributed by atoms with E-state index in [1.807, 2.05) is 0 Å². The van der Waals surface area contributed by atoms with Crippen LogP contribution >= 0.6 is 0 Å². The third-order valence-electron chi connectivity index (χ3n) is 4.31. The van der Waals surface area contributed by atoms with Crippen molar-refractivity contribution in [3.63, 3.8) is 0 Å². The lowest BCUT2D eigenvalue weighted by Gasteiger charge is -2.24. The number of benzene rings is 3. The molecule has 4 rings (SSSR count). The van der Waals surface area contributed by atoms with E-state index in [9.17, 15) is 0 Å². The molecule has 1 fully saturated rings. The van der Waals surface area contributed by atoms with Gasteiger partial charge in [0.25, 0.3) is 0 Å². The van der Waals surface area contributed by atoms with Crippen LogP contribution in [0.5, 0.6) is 0 Å². The van der Waals surface area contributed by atoms with Crippen LogP contribution < -0.4 is 0 Å². The molecule has 1 unspecified atom stereocenters. The second-order valence-corrected chi connectivity index (χ2v) is 5.62. The zero-order valence-corrected chi connectivity index (χ0v) is 11.5. The molecule has 0 saturated carbocycles. The molecule has 0 bridgehead atoms. The second-order valence-electron chi connectivity index (χ2n) is 5.62. The highest BCUT2D eigenvalue weighted by molar-refractivity contribution is 5.99. The molecule has 1 heteroatoms. The molecule has 0 aliphatic carbocycles. The topological polar surface area (TPSA) is 9.23 Å². The predicted octanol–water partition coefficient (Wildman–Crippen LogP) is 5.23. The van der Waals surface area contributed by atoms with Crippen molar-refractivity contribution in [3.8, 4) is 0 Å². The van der Waals surface area contributed by atoms with Gasteiger partial charge in [-0.1, -0.05) is 42.5 Å². The van der Waals surface area contributed by atoms with E-state index in [1.54, 1.807) is 0 Å². The first-order chi connectivity index (χ1) is 9.92. The Morgan fingerprint density at radius 2 is 1.60 bits per heavy atom. The normalized spacial score (nSPS) is 19.5. The first-order valence-corrected chi connectivity index (χ1v) is 7.45. The van der Waals surface area contributed by atoms with Crippen molar-refractivity contribution in [1.82, 2.24) is 0 Å². The van der Waals surface area contributed by atoms with Gasteiger partial charge in [-0.25, -0.2) is 0 Å². The molecule has 1 heterocycles. The summed E-state index contributed by atoms with van der Waals surface area (Å²) in [6, 6.07) is 19.8. The van der Waals surface area contributed by atoms with Crippen molar-refractivity contribution >= 4 is 21.5 Å². The molecule has 3 aromatic carbocycles. The van der Waals surface area contributed by atoms with E-state index in [2.05, 4.69) is 54.6 Å². The minimum atomic E-state index is 0.272. The van der Waals surface area contributed by atoms with Gasteiger partial charge in [0, 0.05) is 6.61 Å². The fourth-order valence-electron chi connectivity index (χ4n) is 3.26. The lowest BCUT2D eigenvalue weighted by atomic mass is 9.94. The number of hydrogen-bond acceptors (Lipinski definition) is 1. The van der Waals surface area contributed by atoms with Crippen LogP contribution in [0.3, 0.4) is 0 Å². The molecule has 0 amide bonds. The van der Waals surface area contributed by atoms with Crippen molar-refractivity contribution < 1.29 is 4.74 Å². The average molecular weight is 262 g/mol. The van der Waals surface area contributed by atoms with E-state index >= 15 is 0 Å². The van der Waals surface area contributed by atoms with E-state index in [0.717, 1.165) is 13.0 Å². The van der Waals surface area contributed by atoms with E-state index in [4.69, 9.17) is 4.74 Å². The zero-order valence-electron chi connectivity index (χ0n) is 11.5. The van der Waals surface area contributed by atoms with Crippen LogP contribution in [0.1, 0.15) is 30.9 Å². The van der Waals surface area contributed by atoms with E-state index in [0.29, 0.717) is 0 Å². The van der Waals surface area contributed by atoms with Crippen molar-refractivity contribution in [2.45, 2.75) is 25.4 Å². The zero-order chi connectivity index (χ0) is 13.4. The Bertz CT molecular complexity index is 754. The molecule has 0 N–H and O–H groups in total. The lowest BCUT2D eigenvalue weighted by molar-refractivity contribution is 0.0158. The molecule has 0 radical (unpaired) electrons. The van der Waals surface area contributed by atoms with E-state index in [-0.39, 0.29) is 6.10 Å². The summed E-state index contributed by atoms with van der Waals surface area (Å²) in [7, 11) is 0. The lowest BCUT2D eigenvalue weighted by Crippen LogP contribution is -2.11. The molecule has 1 nitrogen and oxygen atoms in total. The predicted molar refractivity (Wildman–Crippen MR) is 84.0 cm³/mol. The van der Waals surface area contributed by atoms with Crippen LogP contribution in [0.2, 0.25) is 0 Å². The Kier molecular flexibility index (Phi) is 2.93. The largest absolute Gasteiger partial charge is 0.374 e. The van der Waals surface area contributed by atoms with Gasteiger partial charge < -0.3 is 4.74 Å². The van der Waals surface area contributed by atoms with Crippen LogP contribution in [0.4, 0.5) is 0 Å². The third-order valence-corrected chi connectivity index (χ3v) is 4.31. The highest BCUT2D eigenvalue weighted by Crippen LogP contribution is 2.34. The van der Waals surface area contributed by atoms with Gasteiger partial charge in [-0.05, 0) is 58.5 Å². The van der Waals surface area contributed by atoms with Gasteiger partial charge in [-0.3, -0.25) is 0 Å². The van der Waals surface area contributed by atoms with Gasteiger partial charge in [-0.2, -0.15) is 0 Å². The number of ether oxygens (including phenoxy) is 1. The summed E-state index contributed by atoms with van der Waals surface area (Å²) in [4.78, 5) is 0. The van der Waals surface area contributed by atoms with Gasteiger partial charge in [0.2, 0.25) is 0 Å². The fraction of sp³-hybridized carbons (Fsp3) is 0.263. The van der Waals surface area contributed by atoms with E-state index in [1.165, 1.54) is 39.9 Å². The van der Waals surface area contributed by atoms with Gasteiger partial charge >= 0.3 is 0 Å². The van der Waals surface area contributed by atoms with Crippen LogP contribution in [-0.4, -0.2) is 6.61 Å². The third kappa shape index (κ3) is 1.99. The van der Waals surface area contributed by atoms with Gasteiger partial charge in [-0.15, -0.1) is 0 Å². The maximum absolute atomic E-state index is 5.98. The molecule has 1 saturated heterocycles. The summed E-state index contributed by atoms with van der Waals surface area (Å²) < 4.78 is 5.98.